The van der Waals surface area contributed by atoms with Crippen LogP contribution in [-0.4, -0.2) is 107 Å². The zero-order valence-corrected chi connectivity index (χ0v) is 39.0. The molecular formula is C48H71N5O10S. The Balaban J connectivity index is 1.65. The Kier molecular flexibility index (Phi) is 19.8. The number of primary amides is 1. The fourth-order valence-corrected chi connectivity index (χ4v) is 10.7. The number of ketones is 2. The molecule has 1 fully saturated rings. The summed E-state index contributed by atoms with van der Waals surface area (Å²) in [7, 11) is -2.25. The second-order valence-electron chi connectivity index (χ2n) is 18.1. The molecule has 0 spiro atoms. The number of carbonyl (C=O) groups is 6. The number of benzene rings is 2. The molecule has 2 aliphatic heterocycles. The van der Waals surface area contributed by atoms with Gasteiger partial charge in [-0.1, -0.05) is 84.3 Å². The number of likely N-dealkylation sites (N-methyl/N-ethyl adjacent to an activating group) is 1. The van der Waals surface area contributed by atoms with Gasteiger partial charge in [0.2, 0.25) is 23.6 Å². The number of hydrogen-bond acceptors (Lipinski definition) is 11. The summed E-state index contributed by atoms with van der Waals surface area (Å²) in [5.41, 5.74) is 12.4. The van der Waals surface area contributed by atoms with E-state index in [0.717, 1.165) is 32.1 Å². The molecule has 1 saturated heterocycles. The van der Waals surface area contributed by atoms with E-state index in [1.807, 2.05) is 0 Å². The first-order valence-corrected chi connectivity index (χ1v) is 25.0. The molecule has 2 heterocycles. The molecular weight excluding hydrogens is 839 g/mol. The minimum Gasteiger partial charge on any atom is -0.507 e. The Morgan fingerprint density at radius 3 is 2.20 bits per heavy atom. The van der Waals surface area contributed by atoms with Crippen LogP contribution in [0.15, 0.2) is 36.4 Å². The monoisotopic (exact) mass is 909 g/mol. The fraction of sp³-hybridized carbons (Fsp3) is 0.625. The van der Waals surface area contributed by atoms with Crippen LogP contribution in [-0.2, 0) is 45.0 Å². The van der Waals surface area contributed by atoms with Gasteiger partial charge in [-0.15, -0.1) is 0 Å². The van der Waals surface area contributed by atoms with Crippen molar-refractivity contribution < 1.29 is 47.4 Å². The largest absolute Gasteiger partial charge is 0.507 e. The Morgan fingerprint density at radius 1 is 0.906 bits per heavy atom. The van der Waals surface area contributed by atoms with Gasteiger partial charge in [-0.25, -0.2) is 8.42 Å². The molecule has 0 unspecified atom stereocenters. The third-order valence-electron chi connectivity index (χ3n) is 12.7. The predicted molar refractivity (Wildman–Crippen MR) is 246 cm³/mol. The minimum atomic E-state index is -3.67. The molecule has 15 nitrogen and oxygen atoms in total. The number of fused-ring (bicyclic) bond motifs is 5. The lowest BCUT2D eigenvalue weighted by atomic mass is 9.88. The van der Waals surface area contributed by atoms with E-state index in [2.05, 4.69) is 12.2 Å². The number of sulfone groups is 1. The highest BCUT2D eigenvalue weighted by atomic mass is 32.2. The van der Waals surface area contributed by atoms with E-state index >= 15 is 0 Å². The second kappa shape index (κ2) is 24.5. The van der Waals surface area contributed by atoms with Crippen molar-refractivity contribution in [1.82, 2.24) is 15.1 Å². The molecule has 2 aromatic rings. The van der Waals surface area contributed by atoms with Gasteiger partial charge < -0.3 is 36.8 Å². The first-order valence-electron chi connectivity index (χ1n) is 23.2. The number of nitrogens with two attached hydrogens (primary N) is 2. The number of phenolic OH excluding ortho intramolecular Hbond substituents is 2. The van der Waals surface area contributed by atoms with Crippen molar-refractivity contribution in [3.63, 3.8) is 0 Å². The molecule has 4 amide bonds. The zero-order chi connectivity index (χ0) is 47.1. The van der Waals surface area contributed by atoms with E-state index in [1.54, 1.807) is 19.1 Å². The average molecular weight is 910 g/mol. The van der Waals surface area contributed by atoms with Crippen LogP contribution >= 0.6 is 0 Å². The van der Waals surface area contributed by atoms with Gasteiger partial charge in [0, 0.05) is 49.4 Å². The number of likely N-dealkylation sites (tertiary alicyclic amines) is 1. The van der Waals surface area contributed by atoms with Crippen molar-refractivity contribution in [1.29, 1.82) is 0 Å². The summed E-state index contributed by atoms with van der Waals surface area (Å²) >= 11 is 0. The number of rotatable bonds is 22. The highest BCUT2D eigenvalue weighted by molar-refractivity contribution is 7.91. The van der Waals surface area contributed by atoms with Crippen molar-refractivity contribution in [2.45, 2.75) is 142 Å². The Labute approximate surface area is 379 Å². The lowest BCUT2D eigenvalue weighted by molar-refractivity contribution is -0.142. The lowest BCUT2D eigenvalue weighted by Crippen LogP contribution is -2.48. The normalized spacial score (nSPS) is 20.2. The molecule has 2 aromatic carbocycles. The van der Waals surface area contributed by atoms with E-state index in [1.165, 1.54) is 60.9 Å². The van der Waals surface area contributed by atoms with Crippen LogP contribution < -0.4 is 16.8 Å². The summed E-state index contributed by atoms with van der Waals surface area (Å²) in [6.45, 7) is 5.94. The molecule has 354 valence electrons. The standard InChI is InChI=1S/C48H71N5O10S/c1-5-6-7-8-9-10-11-14-24-64(62,63)30-35(16-12-13-22-49)48(61)52(4)44-34-19-21-41(55)37(29-34)36-27-33(18-20-40(36)54)28-38(51-46(59)31(2)25-43(44)57)42(56)26-32(3)47(60)53-23-15-17-39(53)45(50)58/h18-21,27,29,31-32,35,38-39,44,54-55H,5-17,22-26,28,30,49H2,1-4H3,(H2,50,58)(H,51,59)/t31-,32-,35-,38+,39+,44+/m1/s1. The number of carbonyl (C=O) groups excluding carboxylic acids is 6. The lowest BCUT2D eigenvalue weighted by Gasteiger charge is -2.32. The van der Waals surface area contributed by atoms with Crippen molar-refractivity contribution in [3.8, 4) is 22.6 Å². The van der Waals surface area contributed by atoms with Gasteiger partial charge in [-0.2, -0.15) is 0 Å². The molecule has 6 atom stereocenters. The fourth-order valence-electron chi connectivity index (χ4n) is 9.01. The maximum Gasteiger partial charge on any atom is 0.240 e. The van der Waals surface area contributed by atoms with Crippen molar-refractivity contribution in [2.75, 3.05) is 31.6 Å². The molecule has 7 N–H and O–H groups in total. The van der Waals surface area contributed by atoms with Crippen LogP contribution in [0.25, 0.3) is 11.1 Å². The van der Waals surface area contributed by atoms with Gasteiger partial charge in [0.05, 0.1) is 23.5 Å². The van der Waals surface area contributed by atoms with Crippen LogP contribution in [0.2, 0.25) is 0 Å². The molecule has 2 aliphatic rings. The first-order chi connectivity index (χ1) is 30.4. The van der Waals surface area contributed by atoms with Crippen LogP contribution in [0.5, 0.6) is 11.5 Å². The molecule has 0 radical (unpaired) electrons. The third kappa shape index (κ3) is 14.3. The smallest absolute Gasteiger partial charge is 0.240 e. The van der Waals surface area contributed by atoms with Gasteiger partial charge >= 0.3 is 0 Å². The minimum absolute atomic E-state index is 0.0547. The first kappa shape index (κ1) is 51.8. The summed E-state index contributed by atoms with van der Waals surface area (Å²) < 4.78 is 27.1. The molecule has 64 heavy (non-hydrogen) atoms. The number of hydrogen-bond donors (Lipinski definition) is 5. The summed E-state index contributed by atoms with van der Waals surface area (Å²) in [6, 6.07) is 5.57. The second-order valence-corrected chi connectivity index (χ2v) is 20.3. The third-order valence-corrected chi connectivity index (χ3v) is 14.6. The number of nitrogens with zero attached hydrogens (tertiary/aromatic N) is 2. The SMILES string of the molecule is CCCCCCCCCCS(=O)(=O)C[C@@H](CCCCN)C(=O)N(C)[C@@H]1C(=O)C[C@@H](C)C(=O)N[C@H](C(=O)C[C@@H](C)C(=O)N2CCC[C@H]2C(N)=O)Cc2ccc(O)c(c2)-c2cc1ccc2O. The maximum atomic E-state index is 14.6. The molecule has 16 heteroatoms. The number of unbranched alkanes of at least 4 members (excludes halogenated alkanes) is 8. The number of aromatic hydroxyl groups is 2. The van der Waals surface area contributed by atoms with E-state index in [-0.39, 0.29) is 59.6 Å². The quantitative estimate of drug-likeness (QED) is 0.0952. The highest BCUT2D eigenvalue weighted by Crippen LogP contribution is 2.39. The average Bonchev–Trinajstić information content (AvgIpc) is 3.75. The topological polar surface area (TPSA) is 248 Å². The van der Waals surface area contributed by atoms with Crippen LogP contribution in [0.1, 0.15) is 134 Å². The van der Waals surface area contributed by atoms with Crippen LogP contribution in [0, 0.1) is 17.8 Å². The van der Waals surface area contributed by atoms with E-state index < -0.39 is 86.7 Å². The Hall–Kier alpha value is -4.83. The number of Topliss-reactive ketones (excluding diaryl/α,β-unsaturated/α-hetero) is 2. The van der Waals surface area contributed by atoms with Crippen LogP contribution in [0.3, 0.4) is 0 Å². The summed E-state index contributed by atoms with van der Waals surface area (Å²) in [5.74, 6) is -7.02. The van der Waals surface area contributed by atoms with Gasteiger partial charge in [0.1, 0.15) is 23.6 Å². The summed E-state index contributed by atoms with van der Waals surface area (Å²) in [4.78, 5) is 85.1. The zero-order valence-electron chi connectivity index (χ0n) is 38.2. The molecule has 0 aliphatic carbocycles. The van der Waals surface area contributed by atoms with E-state index in [9.17, 15) is 47.4 Å². The van der Waals surface area contributed by atoms with Crippen molar-refractivity contribution in [2.24, 2.45) is 29.2 Å². The molecule has 4 bridgehead atoms. The Bertz CT molecular complexity index is 2080. The summed E-state index contributed by atoms with van der Waals surface area (Å²) in [5, 5.41) is 25.1. The molecule has 0 saturated carbocycles. The molecule has 0 aromatic heterocycles. The van der Waals surface area contributed by atoms with Gasteiger partial charge in [0.25, 0.3) is 0 Å². The summed E-state index contributed by atoms with van der Waals surface area (Å²) in [6.07, 6.45) is 9.46. The number of nitrogens with one attached hydrogen (secondary N) is 1. The van der Waals surface area contributed by atoms with Crippen LogP contribution in [0.4, 0.5) is 0 Å². The molecule has 4 rings (SSSR count). The maximum absolute atomic E-state index is 14.6. The van der Waals surface area contributed by atoms with Crippen molar-refractivity contribution in [3.05, 3.63) is 47.5 Å². The van der Waals surface area contributed by atoms with E-state index in [0.29, 0.717) is 50.8 Å². The van der Waals surface area contributed by atoms with Crippen molar-refractivity contribution >= 4 is 45.0 Å². The van der Waals surface area contributed by atoms with Gasteiger partial charge in [0.15, 0.2) is 21.4 Å². The Morgan fingerprint density at radius 2 is 1.55 bits per heavy atom. The van der Waals surface area contributed by atoms with Gasteiger partial charge in [-0.3, -0.25) is 28.8 Å². The number of amides is 4. The number of phenols is 2. The van der Waals surface area contributed by atoms with E-state index in [4.69, 9.17) is 11.5 Å². The predicted octanol–water partition coefficient (Wildman–Crippen LogP) is 5.27. The van der Waals surface area contributed by atoms with Gasteiger partial charge in [-0.05, 0) is 80.5 Å². The highest BCUT2D eigenvalue weighted by Gasteiger charge is 2.38.